The lowest BCUT2D eigenvalue weighted by Crippen LogP contribution is -2.18. The van der Waals surface area contributed by atoms with Crippen molar-refractivity contribution in [2.75, 3.05) is 12.0 Å². The Morgan fingerprint density at radius 3 is 2.94 bits per heavy atom. The van der Waals surface area contributed by atoms with Gasteiger partial charge in [0, 0.05) is 28.9 Å². The monoisotopic (exact) mass is 271 g/mol. The summed E-state index contributed by atoms with van der Waals surface area (Å²) in [5, 5.41) is 0.617. The molecule has 0 amide bonds. The number of benzene rings is 1. The van der Waals surface area contributed by atoms with Crippen molar-refractivity contribution in [1.29, 1.82) is 0 Å². The molecular formula is C11H14ClN3OS. The van der Waals surface area contributed by atoms with E-state index in [0.29, 0.717) is 17.5 Å². The van der Waals surface area contributed by atoms with Crippen molar-refractivity contribution in [3.8, 4) is 0 Å². The molecule has 0 aliphatic heterocycles. The third-order valence-electron chi connectivity index (χ3n) is 2.75. The van der Waals surface area contributed by atoms with Crippen LogP contribution < -0.4 is 5.73 Å². The largest absolute Gasteiger partial charge is 0.369 e. The van der Waals surface area contributed by atoms with Gasteiger partial charge in [-0.3, -0.25) is 4.21 Å². The van der Waals surface area contributed by atoms with Gasteiger partial charge in [-0.25, -0.2) is 4.98 Å². The van der Waals surface area contributed by atoms with Gasteiger partial charge in [-0.15, -0.1) is 0 Å². The van der Waals surface area contributed by atoms with E-state index in [4.69, 9.17) is 17.3 Å². The number of aromatic nitrogens is 2. The standard InChI is InChI=1S/C11H14ClN3OS/c1-7(17(2)16)6-15-10-8(12)4-3-5-9(10)14-11(15)13/h3-5,7H,6H2,1-2H3,(H2,13,14). The van der Waals surface area contributed by atoms with Crippen molar-refractivity contribution in [3.05, 3.63) is 23.2 Å². The third kappa shape index (κ3) is 2.30. The first-order chi connectivity index (χ1) is 8.00. The van der Waals surface area contributed by atoms with E-state index in [9.17, 15) is 4.21 Å². The minimum absolute atomic E-state index is 0.00553. The summed E-state index contributed by atoms with van der Waals surface area (Å²) >= 11 is 6.15. The number of rotatable bonds is 3. The molecule has 2 atom stereocenters. The summed E-state index contributed by atoms with van der Waals surface area (Å²) in [6.45, 7) is 2.47. The first kappa shape index (κ1) is 12.4. The molecule has 0 aliphatic carbocycles. The van der Waals surface area contributed by atoms with Crippen LogP contribution in [0.1, 0.15) is 6.92 Å². The van der Waals surface area contributed by atoms with Crippen LogP contribution in [0, 0.1) is 0 Å². The van der Waals surface area contributed by atoms with Crippen molar-refractivity contribution >= 4 is 39.4 Å². The molecule has 4 nitrogen and oxygen atoms in total. The molecule has 0 saturated heterocycles. The highest BCUT2D eigenvalue weighted by Gasteiger charge is 2.15. The minimum atomic E-state index is -0.900. The van der Waals surface area contributed by atoms with E-state index in [2.05, 4.69) is 4.98 Å². The zero-order valence-electron chi connectivity index (χ0n) is 9.68. The number of fused-ring (bicyclic) bond motifs is 1. The molecule has 0 radical (unpaired) electrons. The summed E-state index contributed by atoms with van der Waals surface area (Å²) in [6, 6.07) is 5.50. The van der Waals surface area contributed by atoms with Gasteiger partial charge < -0.3 is 10.3 Å². The number of hydrogen-bond donors (Lipinski definition) is 1. The molecule has 17 heavy (non-hydrogen) atoms. The lowest BCUT2D eigenvalue weighted by molar-refractivity contribution is 0.653. The van der Waals surface area contributed by atoms with Gasteiger partial charge >= 0.3 is 0 Å². The average Bonchev–Trinajstić information content (AvgIpc) is 2.56. The fourth-order valence-corrected chi connectivity index (χ4v) is 2.34. The van der Waals surface area contributed by atoms with E-state index < -0.39 is 10.8 Å². The zero-order valence-corrected chi connectivity index (χ0v) is 11.3. The maximum Gasteiger partial charge on any atom is 0.201 e. The van der Waals surface area contributed by atoms with Gasteiger partial charge in [-0.1, -0.05) is 17.7 Å². The van der Waals surface area contributed by atoms with E-state index in [1.807, 2.05) is 23.6 Å². The quantitative estimate of drug-likeness (QED) is 0.929. The van der Waals surface area contributed by atoms with Crippen LogP contribution >= 0.6 is 11.6 Å². The Hall–Kier alpha value is -1.07. The molecule has 1 aromatic heterocycles. The van der Waals surface area contributed by atoms with Crippen LogP contribution in [0.15, 0.2) is 18.2 Å². The summed E-state index contributed by atoms with van der Waals surface area (Å²) in [7, 11) is -0.900. The maximum atomic E-state index is 11.4. The predicted molar refractivity (Wildman–Crippen MR) is 72.7 cm³/mol. The Bertz CT molecular complexity index is 581. The number of nitrogen functional groups attached to an aromatic ring is 1. The Morgan fingerprint density at radius 2 is 2.29 bits per heavy atom. The summed E-state index contributed by atoms with van der Waals surface area (Å²) in [6.07, 6.45) is 1.68. The van der Waals surface area contributed by atoms with E-state index in [1.54, 1.807) is 12.3 Å². The third-order valence-corrected chi connectivity index (χ3v) is 4.34. The number of hydrogen-bond acceptors (Lipinski definition) is 3. The number of nitrogens with two attached hydrogens (primary N) is 1. The van der Waals surface area contributed by atoms with E-state index >= 15 is 0 Å². The van der Waals surface area contributed by atoms with Gasteiger partial charge in [0.2, 0.25) is 5.95 Å². The SMILES string of the molecule is CC(Cn1c(N)nc2cccc(Cl)c21)S(C)=O. The number of halogens is 1. The second kappa shape index (κ2) is 4.66. The molecule has 0 bridgehead atoms. The molecule has 0 saturated carbocycles. The van der Waals surface area contributed by atoms with Crippen molar-refractivity contribution in [3.63, 3.8) is 0 Å². The lowest BCUT2D eigenvalue weighted by Gasteiger charge is -2.12. The van der Waals surface area contributed by atoms with Crippen LogP contribution in [0.5, 0.6) is 0 Å². The van der Waals surface area contributed by atoms with E-state index in [1.165, 1.54) is 0 Å². The Morgan fingerprint density at radius 1 is 1.59 bits per heavy atom. The second-order valence-corrected chi connectivity index (χ2v) is 6.21. The first-order valence-corrected chi connectivity index (χ1v) is 7.23. The molecule has 0 spiro atoms. The van der Waals surface area contributed by atoms with Crippen LogP contribution in [0.25, 0.3) is 11.0 Å². The topological polar surface area (TPSA) is 60.9 Å². The highest BCUT2D eigenvalue weighted by Crippen LogP contribution is 2.26. The molecule has 2 unspecified atom stereocenters. The number of imidazole rings is 1. The summed E-state index contributed by atoms with van der Waals surface area (Å²) in [4.78, 5) is 4.24. The molecule has 1 heterocycles. The predicted octanol–water partition coefficient (Wildman–Crippen LogP) is 2.04. The summed E-state index contributed by atoms with van der Waals surface area (Å²) in [5.74, 6) is 0.408. The molecule has 2 aromatic rings. The van der Waals surface area contributed by atoms with E-state index in [0.717, 1.165) is 11.0 Å². The molecule has 1 aromatic carbocycles. The van der Waals surface area contributed by atoms with Crippen molar-refractivity contribution < 1.29 is 4.21 Å². The van der Waals surface area contributed by atoms with Gasteiger partial charge in [0.25, 0.3) is 0 Å². The van der Waals surface area contributed by atoms with Gasteiger partial charge in [-0.2, -0.15) is 0 Å². The fraction of sp³-hybridized carbons (Fsp3) is 0.364. The highest BCUT2D eigenvalue weighted by molar-refractivity contribution is 7.84. The van der Waals surface area contributed by atoms with Gasteiger partial charge in [0.1, 0.15) is 0 Å². The number of anilines is 1. The van der Waals surface area contributed by atoms with Crippen molar-refractivity contribution in [1.82, 2.24) is 9.55 Å². The highest BCUT2D eigenvalue weighted by atomic mass is 35.5. The normalized spacial score (nSPS) is 15.0. The van der Waals surface area contributed by atoms with Gasteiger partial charge in [0.05, 0.1) is 16.1 Å². The molecule has 0 aliphatic rings. The summed E-state index contributed by atoms with van der Waals surface area (Å²) in [5.41, 5.74) is 7.44. The van der Waals surface area contributed by atoms with Crippen molar-refractivity contribution in [2.24, 2.45) is 0 Å². The number of nitrogens with zero attached hydrogens (tertiary/aromatic N) is 2. The maximum absolute atomic E-state index is 11.4. The molecule has 92 valence electrons. The number of para-hydroxylation sites is 1. The smallest absolute Gasteiger partial charge is 0.201 e. The lowest BCUT2D eigenvalue weighted by atomic mass is 10.3. The van der Waals surface area contributed by atoms with Crippen molar-refractivity contribution in [2.45, 2.75) is 18.7 Å². The fourth-order valence-electron chi connectivity index (χ4n) is 1.71. The Labute approximate surface area is 107 Å². The molecule has 2 N–H and O–H groups in total. The Balaban J connectivity index is 2.53. The summed E-state index contributed by atoms with van der Waals surface area (Å²) < 4.78 is 13.2. The van der Waals surface area contributed by atoms with E-state index in [-0.39, 0.29) is 5.25 Å². The molecule has 6 heteroatoms. The minimum Gasteiger partial charge on any atom is -0.369 e. The second-order valence-electron chi connectivity index (χ2n) is 4.00. The molecular weight excluding hydrogens is 258 g/mol. The van der Waals surface area contributed by atoms with Gasteiger partial charge in [0.15, 0.2) is 0 Å². The average molecular weight is 272 g/mol. The van der Waals surface area contributed by atoms with Gasteiger partial charge in [-0.05, 0) is 19.1 Å². The molecule has 2 rings (SSSR count). The van der Waals surface area contributed by atoms with Crippen LogP contribution in [0.4, 0.5) is 5.95 Å². The van der Waals surface area contributed by atoms with Crippen LogP contribution in [0.3, 0.4) is 0 Å². The molecule has 0 fully saturated rings. The van der Waals surface area contributed by atoms with Crippen LogP contribution in [-0.2, 0) is 17.3 Å². The Kier molecular flexibility index (Phi) is 3.40. The van der Waals surface area contributed by atoms with Crippen LogP contribution in [0.2, 0.25) is 5.02 Å². The zero-order chi connectivity index (χ0) is 12.6. The van der Waals surface area contributed by atoms with Crippen LogP contribution in [-0.4, -0.2) is 25.3 Å². The first-order valence-electron chi connectivity index (χ1n) is 5.23.